The molecule has 2 N–H and O–H groups in total. The van der Waals surface area contributed by atoms with Crippen LogP contribution in [-0.2, 0) is 0 Å². The Morgan fingerprint density at radius 1 is 1.11 bits per heavy atom. The van der Waals surface area contributed by atoms with Crippen LogP contribution in [0.5, 0.6) is 0 Å². The highest BCUT2D eigenvalue weighted by Crippen LogP contribution is 2.23. The monoisotopic (exact) mass is 385 g/mol. The number of rotatable bonds is 5. The molecular weight excluding hydrogens is 357 g/mol. The summed E-state index contributed by atoms with van der Waals surface area (Å²) in [4.78, 5) is 17.1. The number of aryl methyl sites for hydroxylation is 2. The number of amides is 1. The predicted octanol–water partition coefficient (Wildman–Crippen LogP) is 2.66. The van der Waals surface area contributed by atoms with Gasteiger partial charge in [0.2, 0.25) is 0 Å². The average Bonchev–Trinajstić information content (AvgIpc) is 2.66. The number of nitrogens with one attached hydrogen (secondary N) is 1. The molecule has 1 heterocycles. The van der Waals surface area contributed by atoms with Crippen molar-refractivity contribution in [3.05, 3.63) is 64.5 Å². The van der Waals surface area contributed by atoms with E-state index in [4.69, 9.17) is 0 Å². The molecule has 0 unspecified atom stereocenters. The van der Waals surface area contributed by atoms with Crippen molar-refractivity contribution in [3.63, 3.8) is 0 Å². The molecule has 0 saturated carbocycles. The van der Waals surface area contributed by atoms with E-state index in [0.29, 0.717) is 5.56 Å². The summed E-state index contributed by atoms with van der Waals surface area (Å²) in [5.74, 6) is -0.824. The molecule has 1 atom stereocenters. The predicted molar refractivity (Wildman–Crippen MR) is 109 cm³/mol. The van der Waals surface area contributed by atoms with E-state index >= 15 is 0 Å². The number of piperazine rings is 1. The van der Waals surface area contributed by atoms with E-state index in [1.54, 1.807) is 6.07 Å². The van der Waals surface area contributed by atoms with Gasteiger partial charge in [0, 0.05) is 38.4 Å². The first-order valence-corrected chi connectivity index (χ1v) is 9.61. The second kappa shape index (κ2) is 8.71. The van der Waals surface area contributed by atoms with Crippen LogP contribution in [0.4, 0.5) is 10.1 Å². The van der Waals surface area contributed by atoms with Crippen LogP contribution in [0.1, 0.15) is 33.2 Å². The van der Waals surface area contributed by atoms with Crippen molar-refractivity contribution in [3.8, 4) is 0 Å². The van der Waals surface area contributed by atoms with Crippen LogP contribution >= 0.6 is 0 Å². The van der Waals surface area contributed by atoms with Crippen LogP contribution in [0.15, 0.2) is 36.4 Å². The molecule has 6 heteroatoms. The van der Waals surface area contributed by atoms with Crippen molar-refractivity contribution in [2.45, 2.75) is 20.0 Å². The summed E-state index contributed by atoms with van der Waals surface area (Å²) in [6.07, 6.45) is -0.816. The molecule has 0 aliphatic carbocycles. The lowest BCUT2D eigenvalue weighted by Gasteiger charge is -2.35. The lowest BCUT2D eigenvalue weighted by molar-refractivity contribution is 0.0916. The quantitative estimate of drug-likeness (QED) is 0.831. The van der Waals surface area contributed by atoms with Gasteiger partial charge >= 0.3 is 0 Å². The largest absolute Gasteiger partial charge is 0.387 e. The third-order valence-corrected chi connectivity index (χ3v) is 5.13. The molecule has 1 aliphatic rings. The molecule has 0 spiro atoms. The average molecular weight is 385 g/mol. The molecular formula is C22H28FN3O2. The van der Waals surface area contributed by atoms with Crippen LogP contribution in [0, 0.1) is 19.7 Å². The number of likely N-dealkylation sites (N-methyl/N-ethyl adjacent to an activating group) is 1. The standard InChI is InChI=1S/C22H28FN3O2/c1-15-10-16(2)12-17(11-15)21(27)14-24-22(28)19-13-18(23)4-5-20(19)26-8-6-25(3)7-9-26/h4-5,10-13,21,27H,6-9,14H2,1-3H3,(H,24,28)/t21-/m0/s1. The number of aliphatic hydroxyl groups is 1. The molecule has 150 valence electrons. The van der Waals surface area contributed by atoms with Crippen LogP contribution in [0.25, 0.3) is 0 Å². The number of carbonyl (C=O) groups is 1. The molecule has 2 aromatic carbocycles. The first-order valence-electron chi connectivity index (χ1n) is 9.61. The zero-order valence-corrected chi connectivity index (χ0v) is 16.7. The maximum absolute atomic E-state index is 13.8. The van der Waals surface area contributed by atoms with E-state index in [1.165, 1.54) is 12.1 Å². The zero-order chi connectivity index (χ0) is 20.3. The number of anilines is 1. The van der Waals surface area contributed by atoms with Crippen molar-refractivity contribution in [2.24, 2.45) is 0 Å². The topological polar surface area (TPSA) is 55.8 Å². The minimum atomic E-state index is -0.816. The Labute approximate surface area is 165 Å². The Kier molecular flexibility index (Phi) is 6.31. The smallest absolute Gasteiger partial charge is 0.253 e. The number of nitrogens with zero attached hydrogens (tertiary/aromatic N) is 2. The molecule has 1 aliphatic heterocycles. The van der Waals surface area contributed by atoms with Crippen molar-refractivity contribution in [2.75, 3.05) is 44.7 Å². The summed E-state index contributed by atoms with van der Waals surface area (Å²) in [5.41, 5.74) is 3.91. The molecule has 1 fully saturated rings. The zero-order valence-electron chi connectivity index (χ0n) is 16.7. The Morgan fingerprint density at radius 3 is 2.39 bits per heavy atom. The van der Waals surface area contributed by atoms with Gasteiger partial charge in [0.25, 0.3) is 5.91 Å². The Morgan fingerprint density at radius 2 is 1.75 bits per heavy atom. The number of benzene rings is 2. The highest BCUT2D eigenvalue weighted by molar-refractivity contribution is 5.99. The first kappa shape index (κ1) is 20.3. The van der Waals surface area contributed by atoms with Crippen molar-refractivity contribution in [1.29, 1.82) is 0 Å². The Bertz CT molecular complexity index is 827. The van der Waals surface area contributed by atoms with Gasteiger partial charge in [-0.2, -0.15) is 0 Å². The summed E-state index contributed by atoms with van der Waals surface area (Å²) < 4.78 is 13.8. The highest BCUT2D eigenvalue weighted by atomic mass is 19.1. The summed E-state index contributed by atoms with van der Waals surface area (Å²) in [6.45, 7) is 7.36. The van der Waals surface area contributed by atoms with E-state index in [0.717, 1.165) is 48.6 Å². The lowest BCUT2D eigenvalue weighted by Crippen LogP contribution is -2.45. The molecule has 0 aromatic heterocycles. The van der Waals surface area contributed by atoms with Gasteiger partial charge in [-0.05, 0) is 44.7 Å². The maximum Gasteiger partial charge on any atom is 0.253 e. The van der Waals surface area contributed by atoms with E-state index in [9.17, 15) is 14.3 Å². The van der Waals surface area contributed by atoms with Gasteiger partial charge in [-0.3, -0.25) is 4.79 Å². The van der Waals surface area contributed by atoms with Crippen molar-refractivity contribution in [1.82, 2.24) is 10.2 Å². The molecule has 0 radical (unpaired) electrons. The van der Waals surface area contributed by atoms with Gasteiger partial charge in [-0.15, -0.1) is 0 Å². The normalized spacial score (nSPS) is 16.1. The van der Waals surface area contributed by atoms with E-state index in [2.05, 4.69) is 22.2 Å². The number of halogens is 1. The van der Waals surface area contributed by atoms with Crippen molar-refractivity contribution >= 4 is 11.6 Å². The van der Waals surface area contributed by atoms with E-state index < -0.39 is 11.9 Å². The molecule has 0 bridgehead atoms. The number of aliphatic hydroxyl groups excluding tert-OH is 1. The molecule has 3 rings (SSSR count). The van der Waals surface area contributed by atoms with Crippen LogP contribution in [-0.4, -0.2) is 55.7 Å². The second-order valence-electron chi connectivity index (χ2n) is 7.60. The molecule has 1 saturated heterocycles. The second-order valence-corrected chi connectivity index (χ2v) is 7.60. The molecule has 2 aromatic rings. The SMILES string of the molecule is Cc1cc(C)cc([C@@H](O)CNC(=O)c2cc(F)ccc2N2CCN(C)CC2)c1. The minimum absolute atomic E-state index is 0.0699. The van der Waals surface area contributed by atoms with E-state index in [1.807, 2.05) is 32.0 Å². The van der Waals surface area contributed by atoms with Gasteiger partial charge in [0.15, 0.2) is 0 Å². The fourth-order valence-electron chi connectivity index (χ4n) is 3.62. The van der Waals surface area contributed by atoms with Gasteiger partial charge in [-0.1, -0.05) is 29.3 Å². The Balaban J connectivity index is 1.72. The summed E-state index contributed by atoms with van der Waals surface area (Å²) in [7, 11) is 2.06. The third kappa shape index (κ3) is 4.88. The third-order valence-electron chi connectivity index (χ3n) is 5.13. The fourth-order valence-corrected chi connectivity index (χ4v) is 3.62. The molecule has 1 amide bonds. The summed E-state index contributed by atoms with van der Waals surface area (Å²) >= 11 is 0. The maximum atomic E-state index is 13.8. The van der Waals surface area contributed by atoms with Crippen LogP contribution < -0.4 is 10.2 Å². The number of hydrogen-bond acceptors (Lipinski definition) is 4. The summed E-state index contributed by atoms with van der Waals surface area (Å²) in [6, 6.07) is 10.2. The minimum Gasteiger partial charge on any atom is -0.387 e. The van der Waals surface area contributed by atoms with Gasteiger partial charge in [0.1, 0.15) is 5.82 Å². The number of hydrogen-bond donors (Lipinski definition) is 2. The van der Waals surface area contributed by atoms with Gasteiger partial charge in [-0.25, -0.2) is 4.39 Å². The summed E-state index contributed by atoms with van der Waals surface area (Å²) in [5, 5.41) is 13.2. The van der Waals surface area contributed by atoms with Crippen molar-refractivity contribution < 1.29 is 14.3 Å². The Hall–Kier alpha value is -2.44. The molecule has 28 heavy (non-hydrogen) atoms. The van der Waals surface area contributed by atoms with E-state index in [-0.39, 0.29) is 12.5 Å². The van der Waals surface area contributed by atoms with Gasteiger partial charge < -0.3 is 20.2 Å². The first-order chi connectivity index (χ1) is 13.3. The van der Waals surface area contributed by atoms with Crippen LogP contribution in [0.2, 0.25) is 0 Å². The number of carbonyl (C=O) groups excluding carboxylic acids is 1. The van der Waals surface area contributed by atoms with Gasteiger partial charge in [0.05, 0.1) is 11.7 Å². The fraction of sp³-hybridized carbons (Fsp3) is 0.409. The highest BCUT2D eigenvalue weighted by Gasteiger charge is 2.21. The lowest BCUT2D eigenvalue weighted by atomic mass is 10.0. The van der Waals surface area contributed by atoms with Crippen LogP contribution in [0.3, 0.4) is 0 Å². The molecule has 5 nitrogen and oxygen atoms in total.